The lowest BCUT2D eigenvalue weighted by Crippen LogP contribution is -2.04. The van der Waals surface area contributed by atoms with Gasteiger partial charge in [0, 0.05) is 29.7 Å². The summed E-state index contributed by atoms with van der Waals surface area (Å²) in [6.45, 7) is 0. The first-order chi connectivity index (χ1) is 9.43. The van der Waals surface area contributed by atoms with Gasteiger partial charge in [-0.1, -0.05) is 12.1 Å². The summed E-state index contributed by atoms with van der Waals surface area (Å²) in [6.07, 6.45) is -0.974. The second kappa shape index (κ2) is 4.26. The maximum atomic E-state index is 12.7. The first kappa shape index (κ1) is 12.5. The van der Waals surface area contributed by atoms with Gasteiger partial charge in [-0.3, -0.25) is 0 Å². The summed E-state index contributed by atoms with van der Waals surface area (Å²) in [5, 5.41) is 0. The molecule has 3 rings (SSSR count). The standard InChI is InChI=1S/C14H10F3N3/c15-14(16,17)10-3-1-2-9(6-10)12-8-20-5-4-11(18)7-13(20)19-12/h1-8H,18H2. The molecule has 20 heavy (non-hydrogen) atoms. The van der Waals surface area contributed by atoms with Crippen molar-refractivity contribution in [3.63, 3.8) is 0 Å². The van der Waals surface area contributed by atoms with Gasteiger partial charge in [-0.15, -0.1) is 0 Å². The molecule has 102 valence electrons. The lowest BCUT2D eigenvalue weighted by molar-refractivity contribution is -0.137. The van der Waals surface area contributed by atoms with Gasteiger partial charge in [0.2, 0.25) is 0 Å². The van der Waals surface area contributed by atoms with Crippen LogP contribution >= 0.6 is 0 Å². The van der Waals surface area contributed by atoms with E-state index in [1.165, 1.54) is 6.07 Å². The minimum Gasteiger partial charge on any atom is -0.399 e. The SMILES string of the molecule is Nc1ccn2cc(-c3cccc(C(F)(F)F)c3)nc2c1. The molecule has 6 heteroatoms. The highest BCUT2D eigenvalue weighted by Crippen LogP contribution is 2.32. The molecule has 0 aliphatic heterocycles. The number of rotatable bonds is 1. The van der Waals surface area contributed by atoms with Crippen LogP contribution in [-0.4, -0.2) is 9.38 Å². The van der Waals surface area contributed by atoms with Crippen LogP contribution in [0.15, 0.2) is 48.8 Å². The van der Waals surface area contributed by atoms with E-state index in [0.29, 0.717) is 22.6 Å². The Kier molecular flexibility index (Phi) is 2.67. The lowest BCUT2D eigenvalue weighted by Gasteiger charge is -2.07. The molecular formula is C14H10F3N3. The van der Waals surface area contributed by atoms with Crippen molar-refractivity contribution in [1.29, 1.82) is 0 Å². The minimum atomic E-state index is -4.36. The van der Waals surface area contributed by atoms with E-state index in [-0.39, 0.29) is 0 Å². The molecule has 2 aromatic heterocycles. The van der Waals surface area contributed by atoms with Gasteiger partial charge in [0.25, 0.3) is 0 Å². The number of benzene rings is 1. The fraction of sp³-hybridized carbons (Fsp3) is 0.0714. The van der Waals surface area contributed by atoms with Crippen LogP contribution in [-0.2, 0) is 6.18 Å². The molecule has 2 heterocycles. The van der Waals surface area contributed by atoms with Crippen LogP contribution in [0.25, 0.3) is 16.9 Å². The Hall–Kier alpha value is -2.50. The number of fused-ring (bicyclic) bond motifs is 1. The summed E-state index contributed by atoms with van der Waals surface area (Å²) < 4.78 is 39.8. The number of nitrogens with two attached hydrogens (primary N) is 1. The average Bonchev–Trinajstić information content (AvgIpc) is 2.81. The molecule has 0 amide bonds. The van der Waals surface area contributed by atoms with Crippen molar-refractivity contribution in [2.45, 2.75) is 6.18 Å². The van der Waals surface area contributed by atoms with Crippen LogP contribution < -0.4 is 5.73 Å². The summed E-state index contributed by atoms with van der Waals surface area (Å²) in [5.74, 6) is 0. The number of anilines is 1. The quantitative estimate of drug-likeness (QED) is 0.738. The molecule has 0 saturated carbocycles. The summed E-state index contributed by atoms with van der Waals surface area (Å²) in [5.41, 5.74) is 7.00. The van der Waals surface area contributed by atoms with Crippen LogP contribution in [0.4, 0.5) is 18.9 Å². The van der Waals surface area contributed by atoms with E-state index in [9.17, 15) is 13.2 Å². The second-order valence-corrected chi connectivity index (χ2v) is 4.43. The Morgan fingerprint density at radius 2 is 1.90 bits per heavy atom. The largest absolute Gasteiger partial charge is 0.416 e. The normalized spacial score (nSPS) is 11.9. The van der Waals surface area contributed by atoms with Crippen molar-refractivity contribution in [2.24, 2.45) is 0 Å². The molecule has 0 saturated heterocycles. The highest BCUT2D eigenvalue weighted by Gasteiger charge is 2.30. The first-order valence-corrected chi connectivity index (χ1v) is 5.85. The molecule has 0 aliphatic carbocycles. The Balaban J connectivity index is 2.11. The zero-order valence-electron chi connectivity index (χ0n) is 10.2. The summed E-state index contributed by atoms with van der Waals surface area (Å²) in [6, 6.07) is 8.46. The Bertz CT molecular complexity index is 775. The number of imidazole rings is 1. The van der Waals surface area contributed by atoms with Gasteiger partial charge >= 0.3 is 6.18 Å². The number of aromatic nitrogens is 2. The number of nitrogens with zero attached hydrogens (tertiary/aromatic N) is 2. The predicted molar refractivity (Wildman–Crippen MR) is 70.0 cm³/mol. The van der Waals surface area contributed by atoms with Crippen LogP contribution in [0.2, 0.25) is 0 Å². The molecule has 3 aromatic rings. The van der Waals surface area contributed by atoms with Crippen LogP contribution in [0.1, 0.15) is 5.56 Å². The third-order valence-corrected chi connectivity index (χ3v) is 2.97. The summed E-state index contributed by atoms with van der Waals surface area (Å²) in [7, 11) is 0. The minimum absolute atomic E-state index is 0.419. The average molecular weight is 277 g/mol. The van der Waals surface area contributed by atoms with E-state index < -0.39 is 11.7 Å². The van der Waals surface area contributed by atoms with Gasteiger partial charge in [-0.25, -0.2) is 4.98 Å². The number of hydrogen-bond donors (Lipinski definition) is 1. The zero-order chi connectivity index (χ0) is 14.3. The molecule has 3 nitrogen and oxygen atoms in total. The van der Waals surface area contributed by atoms with E-state index in [0.717, 1.165) is 12.1 Å². The fourth-order valence-electron chi connectivity index (χ4n) is 1.99. The number of nitrogen functional groups attached to an aromatic ring is 1. The molecule has 0 spiro atoms. The van der Waals surface area contributed by atoms with Gasteiger partial charge in [0.1, 0.15) is 5.65 Å². The van der Waals surface area contributed by atoms with Crippen molar-refractivity contribution in [2.75, 3.05) is 5.73 Å². The van der Waals surface area contributed by atoms with Gasteiger partial charge in [-0.2, -0.15) is 13.2 Å². The maximum absolute atomic E-state index is 12.7. The first-order valence-electron chi connectivity index (χ1n) is 5.85. The highest BCUT2D eigenvalue weighted by atomic mass is 19.4. The Morgan fingerprint density at radius 1 is 1.10 bits per heavy atom. The monoisotopic (exact) mass is 277 g/mol. The summed E-state index contributed by atoms with van der Waals surface area (Å²) >= 11 is 0. The number of alkyl halides is 3. The third-order valence-electron chi connectivity index (χ3n) is 2.97. The number of halogens is 3. The van der Waals surface area contributed by atoms with Crippen molar-refractivity contribution in [1.82, 2.24) is 9.38 Å². The predicted octanol–water partition coefficient (Wildman–Crippen LogP) is 3.60. The van der Waals surface area contributed by atoms with Crippen LogP contribution in [0.5, 0.6) is 0 Å². The van der Waals surface area contributed by atoms with E-state index in [2.05, 4.69) is 4.98 Å². The van der Waals surface area contributed by atoms with E-state index in [4.69, 9.17) is 5.73 Å². The van der Waals surface area contributed by atoms with Gasteiger partial charge in [0.05, 0.1) is 11.3 Å². The third kappa shape index (κ3) is 2.20. The summed E-state index contributed by atoms with van der Waals surface area (Å²) in [4.78, 5) is 4.28. The van der Waals surface area contributed by atoms with E-state index in [1.807, 2.05) is 0 Å². The molecule has 1 aromatic carbocycles. The molecular weight excluding hydrogens is 267 g/mol. The van der Waals surface area contributed by atoms with Crippen molar-refractivity contribution in [3.05, 3.63) is 54.4 Å². The molecule has 0 atom stereocenters. The van der Waals surface area contributed by atoms with E-state index >= 15 is 0 Å². The van der Waals surface area contributed by atoms with Crippen molar-refractivity contribution in [3.8, 4) is 11.3 Å². The molecule has 0 bridgehead atoms. The van der Waals surface area contributed by atoms with Crippen molar-refractivity contribution < 1.29 is 13.2 Å². The van der Waals surface area contributed by atoms with Gasteiger partial charge in [0.15, 0.2) is 0 Å². The van der Waals surface area contributed by atoms with E-state index in [1.54, 1.807) is 35.0 Å². The van der Waals surface area contributed by atoms with Crippen LogP contribution in [0.3, 0.4) is 0 Å². The topological polar surface area (TPSA) is 43.3 Å². The molecule has 0 unspecified atom stereocenters. The van der Waals surface area contributed by atoms with Gasteiger partial charge in [-0.05, 0) is 18.2 Å². The molecule has 0 fully saturated rings. The van der Waals surface area contributed by atoms with Crippen LogP contribution in [0, 0.1) is 0 Å². The zero-order valence-corrected chi connectivity index (χ0v) is 10.2. The number of hydrogen-bond acceptors (Lipinski definition) is 2. The smallest absolute Gasteiger partial charge is 0.399 e. The molecule has 0 radical (unpaired) electrons. The Morgan fingerprint density at radius 3 is 2.65 bits per heavy atom. The van der Waals surface area contributed by atoms with Gasteiger partial charge < -0.3 is 10.1 Å². The highest BCUT2D eigenvalue weighted by molar-refractivity contribution is 5.65. The second-order valence-electron chi connectivity index (χ2n) is 4.43. The molecule has 2 N–H and O–H groups in total. The maximum Gasteiger partial charge on any atom is 0.416 e. The lowest BCUT2D eigenvalue weighted by atomic mass is 10.1. The number of pyridine rings is 1. The Labute approximate surface area is 112 Å². The fourth-order valence-corrected chi connectivity index (χ4v) is 1.99. The molecule has 0 aliphatic rings. The van der Waals surface area contributed by atoms with Crippen molar-refractivity contribution >= 4 is 11.3 Å².